The molecule has 4 heteroatoms. The van der Waals surface area contributed by atoms with Gasteiger partial charge >= 0.3 is 0 Å². The van der Waals surface area contributed by atoms with Crippen LogP contribution in [0.1, 0.15) is 32.8 Å². The van der Waals surface area contributed by atoms with Crippen LogP contribution < -0.4 is 4.74 Å². The number of carbonyl (C=O) groups excluding carboxylic acids is 1. The maximum atomic E-state index is 12.3. The molecule has 0 aromatic heterocycles. The number of phenols is 1. The fraction of sp³-hybridized carbons (Fsp3) is 0.421. The molecule has 0 saturated heterocycles. The fourth-order valence-electron chi connectivity index (χ4n) is 3.19. The van der Waals surface area contributed by atoms with Crippen LogP contribution in [-0.4, -0.2) is 18.0 Å². The van der Waals surface area contributed by atoms with Gasteiger partial charge in [0.15, 0.2) is 5.78 Å². The molecule has 1 N–H and O–H groups in total. The molecule has 0 saturated carbocycles. The van der Waals surface area contributed by atoms with Crippen LogP contribution in [0.15, 0.2) is 40.4 Å². The normalized spacial score (nSPS) is 20.7. The lowest BCUT2D eigenvalue weighted by Crippen LogP contribution is -2.32. The predicted molar refractivity (Wildman–Crippen MR) is 95.9 cm³/mol. The highest BCUT2D eigenvalue weighted by molar-refractivity contribution is 9.10. The van der Waals surface area contributed by atoms with Crippen LogP contribution in [0.4, 0.5) is 0 Å². The standard InChI is InChI=1S/C19H23BrO3/c1-12-8-17(22)14(19(2,3)11-12)7-5-6-13-9-18(23-4)15(20)10-16(13)21/h5,7-10,14,21H,6,11H2,1-4H3. The largest absolute Gasteiger partial charge is 0.508 e. The van der Waals surface area contributed by atoms with E-state index in [9.17, 15) is 9.90 Å². The summed E-state index contributed by atoms with van der Waals surface area (Å²) < 4.78 is 5.97. The van der Waals surface area contributed by atoms with E-state index in [0.29, 0.717) is 12.2 Å². The zero-order chi connectivity index (χ0) is 17.2. The molecule has 0 amide bonds. The lowest BCUT2D eigenvalue weighted by molar-refractivity contribution is -0.120. The number of methoxy groups -OCH3 is 1. The molecule has 1 aliphatic carbocycles. The number of allylic oxidation sites excluding steroid dienone is 4. The Morgan fingerprint density at radius 1 is 1.43 bits per heavy atom. The van der Waals surface area contributed by atoms with Gasteiger partial charge in [-0.3, -0.25) is 4.79 Å². The Hall–Kier alpha value is -1.55. The van der Waals surface area contributed by atoms with Crippen molar-refractivity contribution < 1.29 is 14.6 Å². The molecule has 1 aromatic rings. The molecule has 1 aromatic carbocycles. The number of ether oxygens (including phenoxy) is 1. The first-order valence-electron chi connectivity index (χ1n) is 7.67. The molecule has 0 fully saturated rings. The Bertz CT molecular complexity index is 671. The van der Waals surface area contributed by atoms with Crippen LogP contribution in [-0.2, 0) is 11.2 Å². The van der Waals surface area contributed by atoms with Gasteiger partial charge < -0.3 is 9.84 Å². The lowest BCUT2D eigenvalue weighted by Gasteiger charge is -2.34. The van der Waals surface area contributed by atoms with Crippen LogP contribution in [0.3, 0.4) is 0 Å². The quantitative estimate of drug-likeness (QED) is 0.763. The van der Waals surface area contributed by atoms with E-state index in [1.54, 1.807) is 19.3 Å². The molecule has 0 heterocycles. The van der Waals surface area contributed by atoms with Crippen molar-refractivity contribution in [2.45, 2.75) is 33.6 Å². The summed E-state index contributed by atoms with van der Waals surface area (Å²) in [4.78, 5) is 12.3. The van der Waals surface area contributed by atoms with E-state index >= 15 is 0 Å². The van der Waals surface area contributed by atoms with Gasteiger partial charge in [-0.1, -0.05) is 31.6 Å². The number of ketones is 1. The van der Waals surface area contributed by atoms with Gasteiger partial charge in [0.25, 0.3) is 0 Å². The summed E-state index contributed by atoms with van der Waals surface area (Å²) in [6, 6.07) is 3.44. The summed E-state index contributed by atoms with van der Waals surface area (Å²) in [7, 11) is 1.59. The topological polar surface area (TPSA) is 46.5 Å². The van der Waals surface area contributed by atoms with Gasteiger partial charge in [-0.15, -0.1) is 0 Å². The second kappa shape index (κ2) is 6.91. The van der Waals surface area contributed by atoms with E-state index in [-0.39, 0.29) is 22.9 Å². The number of phenolic OH excluding ortho intramolecular Hbond substituents is 1. The molecule has 0 radical (unpaired) electrons. The molecular weight excluding hydrogens is 356 g/mol. The fourth-order valence-corrected chi connectivity index (χ4v) is 3.68. The van der Waals surface area contributed by atoms with Crippen molar-refractivity contribution in [3.05, 3.63) is 46.0 Å². The van der Waals surface area contributed by atoms with Crippen LogP contribution >= 0.6 is 15.9 Å². The molecule has 1 unspecified atom stereocenters. The third-order valence-corrected chi connectivity index (χ3v) is 4.91. The van der Waals surface area contributed by atoms with E-state index in [1.807, 2.05) is 25.1 Å². The second-order valence-electron chi connectivity index (χ2n) is 6.78. The molecule has 1 atom stereocenters. The van der Waals surface area contributed by atoms with Gasteiger partial charge in [0, 0.05) is 11.5 Å². The van der Waals surface area contributed by atoms with Gasteiger partial charge in [-0.25, -0.2) is 0 Å². The molecule has 124 valence electrons. The second-order valence-corrected chi connectivity index (χ2v) is 7.64. The highest BCUT2D eigenvalue weighted by Gasteiger charge is 2.35. The van der Waals surface area contributed by atoms with Crippen molar-refractivity contribution >= 4 is 21.7 Å². The van der Waals surface area contributed by atoms with Gasteiger partial charge in [-0.2, -0.15) is 0 Å². The summed E-state index contributed by atoms with van der Waals surface area (Å²) in [5.74, 6) is 0.935. The number of rotatable bonds is 4. The number of carbonyl (C=O) groups is 1. The maximum absolute atomic E-state index is 12.3. The van der Waals surface area contributed by atoms with Crippen LogP contribution in [0, 0.1) is 11.3 Å². The van der Waals surface area contributed by atoms with Gasteiger partial charge in [0.2, 0.25) is 0 Å². The summed E-state index contributed by atoms with van der Waals surface area (Å²) in [5, 5.41) is 10.0. The molecular formula is C19H23BrO3. The highest BCUT2D eigenvalue weighted by atomic mass is 79.9. The van der Waals surface area contributed by atoms with E-state index < -0.39 is 0 Å². The first-order chi connectivity index (χ1) is 10.7. The average Bonchev–Trinajstić information content (AvgIpc) is 2.42. The van der Waals surface area contributed by atoms with Crippen molar-refractivity contribution in [3.63, 3.8) is 0 Å². The Labute approximate surface area is 146 Å². The van der Waals surface area contributed by atoms with Crippen molar-refractivity contribution in [2.24, 2.45) is 11.3 Å². The average molecular weight is 379 g/mol. The van der Waals surface area contributed by atoms with Crippen molar-refractivity contribution in [1.82, 2.24) is 0 Å². The summed E-state index contributed by atoms with van der Waals surface area (Å²) in [6.07, 6.45) is 7.16. The SMILES string of the molecule is COc1cc(CC=CC2C(=O)C=C(C)CC2(C)C)c(O)cc1Br. The zero-order valence-corrected chi connectivity index (χ0v) is 15.6. The monoisotopic (exact) mass is 378 g/mol. The molecule has 1 aliphatic rings. The zero-order valence-electron chi connectivity index (χ0n) is 14.0. The highest BCUT2D eigenvalue weighted by Crippen LogP contribution is 2.39. The van der Waals surface area contributed by atoms with Crippen molar-refractivity contribution in [1.29, 1.82) is 0 Å². The first kappa shape index (κ1) is 17.8. The minimum atomic E-state index is -0.120. The summed E-state index contributed by atoms with van der Waals surface area (Å²) >= 11 is 3.35. The lowest BCUT2D eigenvalue weighted by atomic mass is 9.68. The van der Waals surface area contributed by atoms with Gasteiger partial charge in [0.1, 0.15) is 11.5 Å². The van der Waals surface area contributed by atoms with Gasteiger partial charge in [-0.05, 0) is 59.3 Å². The van der Waals surface area contributed by atoms with Crippen LogP contribution in [0.5, 0.6) is 11.5 Å². The minimum absolute atomic E-state index is 0.0775. The summed E-state index contributed by atoms with van der Waals surface area (Å²) in [6.45, 7) is 6.25. The van der Waals surface area contributed by atoms with Crippen LogP contribution in [0.25, 0.3) is 0 Å². The van der Waals surface area contributed by atoms with Crippen LogP contribution in [0.2, 0.25) is 0 Å². The minimum Gasteiger partial charge on any atom is -0.508 e. The van der Waals surface area contributed by atoms with Crippen molar-refractivity contribution in [2.75, 3.05) is 7.11 Å². The Morgan fingerprint density at radius 3 is 2.74 bits per heavy atom. The Kier molecular flexibility index (Phi) is 5.35. The third kappa shape index (κ3) is 4.05. The number of benzene rings is 1. The van der Waals surface area contributed by atoms with Gasteiger partial charge in [0.05, 0.1) is 11.6 Å². The van der Waals surface area contributed by atoms with Crippen molar-refractivity contribution in [3.8, 4) is 11.5 Å². The molecule has 3 nitrogen and oxygen atoms in total. The number of hydrogen-bond donors (Lipinski definition) is 1. The molecule has 2 rings (SSSR count). The van der Waals surface area contributed by atoms with E-state index in [4.69, 9.17) is 4.74 Å². The Balaban J connectivity index is 2.17. The molecule has 0 spiro atoms. The third-order valence-electron chi connectivity index (χ3n) is 4.29. The molecule has 0 bridgehead atoms. The van der Waals surface area contributed by atoms with E-state index in [1.165, 1.54) is 0 Å². The Morgan fingerprint density at radius 2 is 2.13 bits per heavy atom. The number of aromatic hydroxyl groups is 1. The first-order valence-corrected chi connectivity index (χ1v) is 8.47. The molecule has 0 aliphatic heterocycles. The summed E-state index contributed by atoms with van der Waals surface area (Å²) in [5.41, 5.74) is 1.83. The maximum Gasteiger partial charge on any atom is 0.163 e. The van der Waals surface area contributed by atoms with E-state index in [2.05, 4.69) is 29.8 Å². The predicted octanol–water partition coefficient (Wildman–Crippen LogP) is 4.82. The molecule has 23 heavy (non-hydrogen) atoms. The number of hydrogen-bond acceptors (Lipinski definition) is 3. The number of halogens is 1. The smallest absolute Gasteiger partial charge is 0.163 e. The van der Waals surface area contributed by atoms with E-state index in [0.717, 1.165) is 22.0 Å².